The Morgan fingerprint density at radius 2 is 1.94 bits per heavy atom. The van der Waals surface area contributed by atoms with Crippen LogP contribution in [0.25, 0.3) is 0 Å². The molecule has 0 saturated heterocycles. The minimum atomic E-state index is 0.213. The number of rotatable bonds is 4. The summed E-state index contributed by atoms with van der Waals surface area (Å²) in [6.07, 6.45) is 1.55. The maximum Gasteiger partial charge on any atom is 0.143 e. The molecule has 0 spiro atoms. The molecule has 0 aliphatic rings. The first kappa shape index (κ1) is 12.6. The van der Waals surface area contributed by atoms with E-state index in [-0.39, 0.29) is 5.75 Å². The van der Waals surface area contributed by atoms with Gasteiger partial charge in [-0.3, -0.25) is 0 Å². The Kier molecular flexibility index (Phi) is 4.20. The van der Waals surface area contributed by atoms with Gasteiger partial charge in [-0.25, -0.2) is 0 Å². The second-order valence-electron chi connectivity index (χ2n) is 3.50. The van der Waals surface area contributed by atoms with Gasteiger partial charge in [-0.15, -0.1) is 0 Å². The van der Waals surface area contributed by atoms with Crippen LogP contribution in [0.5, 0.6) is 5.75 Å². The van der Waals surface area contributed by atoms with E-state index in [4.69, 9.17) is 4.52 Å². The van der Waals surface area contributed by atoms with Crippen molar-refractivity contribution in [1.82, 2.24) is 10.5 Å². The third-order valence-electron chi connectivity index (χ3n) is 2.20. The minimum Gasteiger partial charge on any atom is -0.506 e. The van der Waals surface area contributed by atoms with Crippen molar-refractivity contribution in [2.24, 2.45) is 0 Å². The standard InChI is InChI=1S/C11H10Br2N2O2/c12-9-3-7(4-10(13)11(9)16)5-14-6-8-1-2-17-15-8/h1-4,14,16H,5-6H2. The number of nitrogens with zero attached hydrogens (tertiary/aromatic N) is 1. The molecular weight excluding hydrogens is 352 g/mol. The normalized spacial score (nSPS) is 10.7. The first-order valence-corrected chi connectivity index (χ1v) is 6.52. The highest BCUT2D eigenvalue weighted by Crippen LogP contribution is 2.33. The summed E-state index contributed by atoms with van der Waals surface area (Å²) >= 11 is 6.58. The van der Waals surface area contributed by atoms with Gasteiger partial charge in [-0.05, 0) is 49.6 Å². The molecule has 0 aliphatic carbocycles. The fourth-order valence-corrected chi connectivity index (χ4v) is 2.66. The number of aromatic nitrogens is 1. The average molecular weight is 362 g/mol. The van der Waals surface area contributed by atoms with Gasteiger partial charge >= 0.3 is 0 Å². The van der Waals surface area contributed by atoms with Crippen LogP contribution in [0.4, 0.5) is 0 Å². The molecule has 0 saturated carbocycles. The topological polar surface area (TPSA) is 58.3 Å². The van der Waals surface area contributed by atoms with Gasteiger partial charge in [0.2, 0.25) is 0 Å². The van der Waals surface area contributed by atoms with E-state index in [2.05, 4.69) is 42.3 Å². The van der Waals surface area contributed by atoms with Crippen molar-refractivity contribution in [2.45, 2.75) is 13.1 Å². The van der Waals surface area contributed by atoms with Crippen molar-refractivity contribution < 1.29 is 9.63 Å². The van der Waals surface area contributed by atoms with Crippen molar-refractivity contribution in [1.29, 1.82) is 0 Å². The van der Waals surface area contributed by atoms with Gasteiger partial charge in [-0.2, -0.15) is 0 Å². The number of phenols is 1. The Morgan fingerprint density at radius 3 is 2.53 bits per heavy atom. The van der Waals surface area contributed by atoms with Crippen molar-refractivity contribution in [3.05, 3.63) is 44.7 Å². The molecule has 4 nitrogen and oxygen atoms in total. The summed E-state index contributed by atoms with van der Waals surface area (Å²) in [5, 5.41) is 16.6. The van der Waals surface area contributed by atoms with Crippen LogP contribution < -0.4 is 5.32 Å². The Bertz CT molecular complexity index is 477. The zero-order chi connectivity index (χ0) is 12.3. The molecule has 2 N–H and O–H groups in total. The molecule has 0 atom stereocenters. The molecular formula is C11H10Br2N2O2. The third kappa shape index (κ3) is 3.31. The van der Waals surface area contributed by atoms with Crippen LogP contribution in [0.1, 0.15) is 11.3 Å². The van der Waals surface area contributed by atoms with Gasteiger partial charge in [0.15, 0.2) is 0 Å². The Morgan fingerprint density at radius 1 is 1.24 bits per heavy atom. The van der Waals surface area contributed by atoms with Crippen LogP contribution in [0.3, 0.4) is 0 Å². The summed E-state index contributed by atoms with van der Waals surface area (Å²) in [5.74, 6) is 0.213. The van der Waals surface area contributed by atoms with Crippen molar-refractivity contribution in [3.8, 4) is 5.75 Å². The van der Waals surface area contributed by atoms with E-state index in [9.17, 15) is 5.11 Å². The highest BCUT2D eigenvalue weighted by atomic mass is 79.9. The van der Waals surface area contributed by atoms with Crippen LogP contribution in [0, 0.1) is 0 Å². The van der Waals surface area contributed by atoms with Gasteiger partial charge < -0.3 is 14.9 Å². The molecule has 0 aliphatic heterocycles. The SMILES string of the molecule is Oc1c(Br)cc(CNCc2ccon2)cc1Br. The number of phenolic OH excluding ortho intramolecular Hbond substituents is 1. The average Bonchev–Trinajstić information content (AvgIpc) is 2.79. The first-order chi connectivity index (χ1) is 8.16. The molecule has 2 aromatic rings. The maximum atomic E-state index is 9.57. The lowest BCUT2D eigenvalue weighted by molar-refractivity contribution is 0.408. The van der Waals surface area contributed by atoms with E-state index < -0.39 is 0 Å². The fourth-order valence-electron chi connectivity index (χ4n) is 1.38. The second kappa shape index (κ2) is 5.66. The maximum absolute atomic E-state index is 9.57. The van der Waals surface area contributed by atoms with Gasteiger partial charge in [-0.1, -0.05) is 5.16 Å². The van der Waals surface area contributed by atoms with E-state index in [1.807, 2.05) is 18.2 Å². The lowest BCUT2D eigenvalue weighted by atomic mass is 10.2. The molecule has 0 radical (unpaired) electrons. The minimum absolute atomic E-state index is 0.213. The van der Waals surface area contributed by atoms with E-state index >= 15 is 0 Å². The van der Waals surface area contributed by atoms with Gasteiger partial charge in [0.05, 0.1) is 14.6 Å². The number of benzene rings is 1. The van der Waals surface area contributed by atoms with E-state index in [0.29, 0.717) is 22.0 Å². The summed E-state index contributed by atoms with van der Waals surface area (Å²) in [7, 11) is 0. The monoisotopic (exact) mass is 360 g/mol. The van der Waals surface area contributed by atoms with Gasteiger partial charge in [0.1, 0.15) is 12.0 Å². The Labute approximate surface area is 115 Å². The molecule has 1 aromatic heterocycles. The van der Waals surface area contributed by atoms with Crippen molar-refractivity contribution >= 4 is 31.9 Å². The van der Waals surface area contributed by atoms with Crippen molar-refractivity contribution in [2.75, 3.05) is 0 Å². The number of hydrogen-bond acceptors (Lipinski definition) is 4. The van der Waals surface area contributed by atoms with Crippen LogP contribution in [0.2, 0.25) is 0 Å². The molecule has 0 bridgehead atoms. The number of halogens is 2. The fraction of sp³-hybridized carbons (Fsp3) is 0.182. The van der Waals surface area contributed by atoms with Gasteiger partial charge in [0.25, 0.3) is 0 Å². The summed E-state index contributed by atoms with van der Waals surface area (Å²) in [4.78, 5) is 0. The van der Waals surface area contributed by atoms with Crippen LogP contribution in [-0.4, -0.2) is 10.3 Å². The lowest BCUT2D eigenvalue weighted by Crippen LogP contribution is -2.12. The molecule has 0 unspecified atom stereocenters. The molecule has 0 amide bonds. The highest BCUT2D eigenvalue weighted by Gasteiger charge is 2.05. The van der Waals surface area contributed by atoms with Crippen LogP contribution >= 0.6 is 31.9 Å². The molecule has 1 aromatic carbocycles. The van der Waals surface area contributed by atoms with Gasteiger partial charge in [0, 0.05) is 19.2 Å². The molecule has 2 rings (SSSR count). The largest absolute Gasteiger partial charge is 0.506 e. The molecule has 17 heavy (non-hydrogen) atoms. The highest BCUT2D eigenvalue weighted by molar-refractivity contribution is 9.11. The number of aromatic hydroxyl groups is 1. The zero-order valence-electron chi connectivity index (χ0n) is 8.78. The van der Waals surface area contributed by atoms with E-state index in [1.165, 1.54) is 0 Å². The number of hydrogen-bond donors (Lipinski definition) is 2. The lowest BCUT2D eigenvalue weighted by Gasteiger charge is -2.06. The van der Waals surface area contributed by atoms with E-state index in [1.54, 1.807) is 6.26 Å². The quantitative estimate of drug-likeness (QED) is 0.877. The van der Waals surface area contributed by atoms with Crippen LogP contribution in [0.15, 0.2) is 37.9 Å². The summed E-state index contributed by atoms with van der Waals surface area (Å²) in [6.45, 7) is 1.33. The number of nitrogens with one attached hydrogen (secondary N) is 1. The summed E-state index contributed by atoms with van der Waals surface area (Å²) in [5.41, 5.74) is 1.92. The Hall–Kier alpha value is -0.850. The van der Waals surface area contributed by atoms with E-state index in [0.717, 1.165) is 11.3 Å². The Balaban J connectivity index is 1.95. The second-order valence-corrected chi connectivity index (χ2v) is 5.21. The molecule has 1 heterocycles. The van der Waals surface area contributed by atoms with Crippen LogP contribution in [-0.2, 0) is 13.1 Å². The predicted octanol–water partition coefficient (Wildman–Crippen LogP) is 3.20. The summed E-state index contributed by atoms with van der Waals surface area (Å²) < 4.78 is 6.08. The predicted molar refractivity (Wildman–Crippen MR) is 70.6 cm³/mol. The van der Waals surface area contributed by atoms with Crippen molar-refractivity contribution in [3.63, 3.8) is 0 Å². The molecule has 6 heteroatoms. The third-order valence-corrected chi connectivity index (χ3v) is 3.41. The zero-order valence-corrected chi connectivity index (χ0v) is 12.0. The first-order valence-electron chi connectivity index (χ1n) is 4.93. The molecule has 0 fully saturated rings. The summed E-state index contributed by atoms with van der Waals surface area (Å²) in [6, 6.07) is 5.56. The smallest absolute Gasteiger partial charge is 0.143 e. The molecule has 90 valence electrons.